The van der Waals surface area contributed by atoms with Crippen LogP contribution >= 0.6 is 46.1 Å². The van der Waals surface area contributed by atoms with E-state index in [0.29, 0.717) is 20.1 Å². The zero-order chi connectivity index (χ0) is 15.1. The fourth-order valence-electron chi connectivity index (χ4n) is 1.68. The standard InChI is InChI=1S/C12H4Cl3N3O2S/c13-6-1-2-7(14)10(15)5(6)3-8-11(20)18-12(21-8)17-9(19)4-16-18/h1-4H. The minimum Gasteiger partial charge on any atom is -0.266 e. The van der Waals surface area contributed by atoms with Crippen molar-refractivity contribution in [2.75, 3.05) is 0 Å². The molecule has 0 spiro atoms. The van der Waals surface area contributed by atoms with E-state index >= 15 is 0 Å². The van der Waals surface area contributed by atoms with Gasteiger partial charge in [-0.15, -0.1) is 0 Å². The van der Waals surface area contributed by atoms with Gasteiger partial charge in [0.1, 0.15) is 6.20 Å². The van der Waals surface area contributed by atoms with Gasteiger partial charge >= 0.3 is 0 Å². The molecule has 9 heteroatoms. The van der Waals surface area contributed by atoms with Gasteiger partial charge in [-0.2, -0.15) is 14.6 Å². The monoisotopic (exact) mass is 359 g/mol. The molecule has 5 nitrogen and oxygen atoms in total. The Bertz CT molecular complexity index is 1030. The average Bonchev–Trinajstić information content (AvgIpc) is 2.75. The van der Waals surface area contributed by atoms with Crippen LogP contribution in [0, 0.1) is 0 Å². The van der Waals surface area contributed by atoms with Crippen LogP contribution in [0.4, 0.5) is 0 Å². The molecule has 0 amide bonds. The fraction of sp³-hybridized carbons (Fsp3) is 0. The number of aromatic nitrogens is 3. The van der Waals surface area contributed by atoms with Gasteiger partial charge in [-0.25, -0.2) is 0 Å². The van der Waals surface area contributed by atoms with E-state index in [0.717, 1.165) is 22.0 Å². The zero-order valence-corrected chi connectivity index (χ0v) is 13.1. The van der Waals surface area contributed by atoms with Crippen LogP contribution in [0.2, 0.25) is 15.1 Å². The minimum absolute atomic E-state index is 0.202. The summed E-state index contributed by atoms with van der Waals surface area (Å²) in [5.74, 6) is 0. The lowest BCUT2D eigenvalue weighted by Gasteiger charge is -2.02. The highest BCUT2D eigenvalue weighted by Crippen LogP contribution is 2.31. The Hall–Kier alpha value is -1.47. The summed E-state index contributed by atoms with van der Waals surface area (Å²) in [5, 5.41) is 4.66. The van der Waals surface area contributed by atoms with E-state index < -0.39 is 11.1 Å². The molecule has 3 rings (SSSR count). The largest absolute Gasteiger partial charge is 0.292 e. The first-order valence-electron chi connectivity index (χ1n) is 5.51. The van der Waals surface area contributed by atoms with E-state index in [2.05, 4.69) is 10.1 Å². The van der Waals surface area contributed by atoms with Crippen LogP contribution in [-0.4, -0.2) is 14.6 Å². The van der Waals surface area contributed by atoms with E-state index in [1.807, 2.05) is 0 Å². The second kappa shape index (κ2) is 5.38. The Morgan fingerprint density at radius 1 is 1.14 bits per heavy atom. The van der Waals surface area contributed by atoms with Crippen LogP contribution in [0.3, 0.4) is 0 Å². The van der Waals surface area contributed by atoms with Gasteiger partial charge in [-0.1, -0.05) is 46.1 Å². The maximum absolute atomic E-state index is 12.2. The number of nitrogens with zero attached hydrogens (tertiary/aromatic N) is 3. The fourth-order valence-corrected chi connectivity index (χ4v) is 3.22. The van der Waals surface area contributed by atoms with Gasteiger partial charge in [0.05, 0.1) is 14.6 Å². The van der Waals surface area contributed by atoms with Crippen LogP contribution < -0.4 is 15.7 Å². The van der Waals surface area contributed by atoms with E-state index in [9.17, 15) is 9.59 Å². The molecule has 0 aliphatic heterocycles. The molecular weight excluding hydrogens is 357 g/mol. The van der Waals surface area contributed by atoms with Crippen molar-refractivity contribution in [2.45, 2.75) is 0 Å². The van der Waals surface area contributed by atoms with Crippen LogP contribution in [0.25, 0.3) is 11.0 Å². The molecule has 0 unspecified atom stereocenters. The van der Waals surface area contributed by atoms with Crippen molar-refractivity contribution in [3.8, 4) is 0 Å². The molecule has 0 radical (unpaired) electrons. The van der Waals surface area contributed by atoms with Crippen LogP contribution in [0.5, 0.6) is 0 Å². The van der Waals surface area contributed by atoms with Gasteiger partial charge in [0.2, 0.25) is 4.96 Å². The third-order valence-corrected chi connectivity index (χ3v) is 4.74. The first kappa shape index (κ1) is 14.5. The minimum atomic E-state index is -0.512. The Balaban J connectivity index is 2.36. The Morgan fingerprint density at radius 3 is 2.62 bits per heavy atom. The maximum atomic E-state index is 12.2. The van der Waals surface area contributed by atoms with Crippen molar-refractivity contribution in [3.05, 3.63) is 64.2 Å². The summed E-state index contributed by atoms with van der Waals surface area (Å²) >= 11 is 19.1. The molecule has 21 heavy (non-hydrogen) atoms. The molecule has 0 aliphatic rings. The average molecular weight is 361 g/mol. The molecule has 106 valence electrons. The van der Waals surface area contributed by atoms with E-state index in [1.165, 1.54) is 6.08 Å². The van der Waals surface area contributed by atoms with Crippen molar-refractivity contribution in [1.82, 2.24) is 14.6 Å². The summed E-state index contributed by atoms with van der Waals surface area (Å²) in [7, 11) is 0. The van der Waals surface area contributed by atoms with E-state index in [-0.39, 0.29) is 9.98 Å². The second-order valence-corrected chi connectivity index (χ2v) is 6.16. The lowest BCUT2D eigenvalue weighted by atomic mass is 10.2. The molecule has 0 fully saturated rings. The topological polar surface area (TPSA) is 64.3 Å². The number of hydrogen-bond donors (Lipinski definition) is 0. The number of hydrogen-bond acceptors (Lipinski definition) is 5. The van der Waals surface area contributed by atoms with Crippen molar-refractivity contribution in [1.29, 1.82) is 0 Å². The van der Waals surface area contributed by atoms with Crippen molar-refractivity contribution in [2.24, 2.45) is 0 Å². The predicted molar refractivity (Wildman–Crippen MR) is 83.7 cm³/mol. The summed E-state index contributed by atoms with van der Waals surface area (Å²) < 4.78 is 1.34. The van der Waals surface area contributed by atoms with Crippen LogP contribution in [-0.2, 0) is 0 Å². The summed E-state index contributed by atoms with van der Waals surface area (Å²) in [4.78, 5) is 27.2. The maximum Gasteiger partial charge on any atom is 0.292 e. The van der Waals surface area contributed by atoms with E-state index in [1.54, 1.807) is 12.1 Å². The molecule has 2 heterocycles. The van der Waals surface area contributed by atoms with Crippen LogP contribution in [0.1, 0.15) is 5.56 Å². The van der Waals surface area contributed by atoms with Gasteiger partial charge in [0.15, 0.2) is 0 Å². The molecule has 1 aromatic carbocycles. The highest BCUT2D eigenvalue weighted by atomic mass is 35.5. The Kier molecular flexibility index (Phi) is 3.71. The summed E-state index contributed by atoms with van der Waals surface area (Å²) in [6.07, 6.45) is 2.48. The lowest BCUT2D eigenvalue weighted by molar-refractivity contribution is 0.866. The number of halogens is 3. The second-order valence-electron chi connectivity index (χ2n) is 3.96. The van der Waals surface area contributed by atoms with Crippen molar-refractivity contribution < 1.29 is 0 Å². The first-order valence-corrected chi connectivity index (χ1v) is 7.46. The molecule has 3 aromatic rings. The molecule has 0 atom stereocenters. The molecule has 0 N–H and O–H groups in total. The highest BCUT2D eigenvalue weighted by Gasteiger charge is 2.10. The summed E-state index contributed by atoms with van der Waals surface area (Å²) in [6, 6.07) is 3.15. The zero-order valence-electron chi connectivity index (χ0n) is 10.0. The molecule has 0 saturated carbocycles. The number of rotatable bonds is 1. The number of thiazole rings is 1. The Morgan fingerprint density at radius 2 is 1.86 bits per heavy atom. The smallest absolute Gasteiger partial charge is 0.266 e. The summed E-state index contributed by atoms with van der Waals surface area (Å²) in [6.45, 7) is 0. The molecule has 0 saturated heterocycles. The first-order chi connectivity index (χ1) is 9.97. The van der Waals surface area contributed by atoms with Gasteiger partial charge in [-0.05, 0) is 18.2 Å². The quantitative estimate of drug-likeness (QED) is 0.623. The highest BCUT2D eigenvalue weighted by molar-refractivity contribution is 7.15. The lowest BCUT2D eigenvalue weighted by Crippen LogP contribution is -2.25. The predicted octanol–water partition coefficient (Wildman–Crippen LogP) is 2.02. The van der Waals surface area contributed by atoms with Crippen molar-refractivity contribution in [3.63, 3.8) is 0 Å². The molecule has 0 aliphatic carbocycles. The van der Waals surface area contributed by atoms with E-state index in [4.69, 9.17) is 34.8 Å². The van der Waals surface area contributed by atoms with Crippen molar-refractivity contribution >= 4 is 57.2 Å². The number of fused-ring (bicyclic) bond motifs is 1. The van der Waals surface area contributed by atoms with Gasteiger partial charge in [-0.3, -0.25) is 9.59 Å². The molecular formula is C12H4Cl3N3O2S. The normalized spacial score (nSPS) is 12.2. The van der Waals surface area contributed by atoms with Gasteiger partial charge in [0.25, 0.3) is 11.1 Å². The Labute approximate surface area is 136 Å². The third kappa shape index (κ3) is 2.55. The molecule has 0 bridgehead atoms. The van der Waals surface area contributed by atoms with Crippen LogP contribution in [0.15, 0.2) is 27.9 Å². The van der Waals surface area contributed by atoms with Gasteiger partial charge < -0.3 is 0 Å². The van der Waals surface area contributed by atoms with Gasteiger partial charge in [0, 0.05) is 10.6 Å². The molecule has 2 aromatic heterocycles. The third-order valence-electron chi connectivity index (χ3n) is 2.63. The SMILES string of the molecule is O=c1cnn2c(=O)c(=Cc3c(Cl)ccc(Cl)c3Cl)sc2n1. The summed E-state index contributed by atoms with van der Waals surface area (Å²) in [5.41, 5.74) is -0.492. The number of benzene rings is 1.